The molecule has 1 atom stereocenters. The van der Waals surface area contributed by atoms with Crippen molar-refractivity contribution in [1.29, 1.82) is 0 Å². The predicted molar refractivity (Wildman–Crippen MR) is 86.6 cm³/mol. The minimum absolute atomic E-state index is 0.00514. The van der Waals surface area contributed by atoms with Crippen LogP contribution < -0.4 is 0 Å². The number of hydrogen-bond donors (Lipinski definition) is 0. The highest BCUT2D eigenvalue weighted by Gasteiger charge is 2.27. The maximum Gasteiger partial charge on any atom is 0.243 e. The molecule has 0 aromatic heterocycles. The molecule has 0 radical (unpaired) electrons. The lowest BCUT2D eigenvalue weighted by atomic mass is 10.3. The number of halogens is 2. The standard InChI is InChI=1S/C12H17BrClNO2S2/c1-4-9(8-18-3)15(2)19(16,17)10-5-6-12(14)11(13)7-10/h5-7,9H,4,8H2,1-3H3. The van der Waals surface area contributed by atoms with Crippen LogP contribution in [0.1, 0.15) is 13.3 Å². The SMILES string of the molecule is CCC(CSC)N(C)S(=O)(=O)c1ccc(Cl)c(Br)c1. The fraction of sp³-hybridized carbons (Fsp3) is 0.500. The van der Waals surface area contributed by atoms with Crippen LogP contribution in [0, 0.1) is 0 Å². The van der Waals surface area contributed by atoms with Crippen LogP contribution >= 0.6 is 39.3 Å². The van der Waals surface area contributed by atoms with Crippen LogP contribution in [-0.4, -0.2) is 37.8 Å². The Labute approximate surface area is 132 Å². The molecule has 7 heteroatoms. The van der Waals surface area contributed by atoms with E-state index >= 15 is 0 Å². The summed E-state index contributed by atoms with van der Waals surface area (Å²) >= 11 is 10.8. The minimum atomic E-state index is -3.48. The Morgan fingerprint density at radius 1 is 1.47 bits per heavy atom. The first kappa shape index (κ1) is 17.3. The van der Waals surface area contributed by atoms with E-state index in [1.54, 1.807) is 30.9 Å². The van der Waals surface area contributed by atoms with Gasteiger partial charge in [0.05, 0.1) is 9.92 Å². The number of thioether (sulfide) groups is 1. The largest absolute Gasteiger partial charge is 0.243 e. The molecule has 0 fully saturated rings. The molecule has 0 spiro atoms. The summed E-state index contributed by atoms with van der Waals surface area (Å²) in [6.45, 7) is 1.99. The Morgan fingerprint density at radius 2 is 2.11 bits per heavy atom. The summed E-state index contributed by atoms with van der Waals surface area (Å²) < 4.78 is 27.1. The summed E-state index contributed by atoms with van der Waals surface area (Å²) in [4.78, 5) is 0.255. The van der Waals surface area contributed by atoms with E-state index in [1.165, 1.54) is 10.4 Å². The van der Waals surface area contributed by atoms with Gasteiger partial charge in [0, 0.05) is 23.3 Å². The molecule has 0 heterocycles. The van der Waals surface area contributed by atoms with Crippen LogP contribution in [0.3, 0.4) is 0 Å². The Kier molecular flexibility index (Phi) is 6.66. The van der Waals surface area contributed by atoms with Gasteiger partial charge in [-0.15, -0.1) is 0 Å². The van der Waals surface area contributed by atoms with Crippen LogP contribution in [0.15, 0.2) is 27.6 Å². The second-order valence-electron chi connectivity index (χ2n) is 4.11. The highest BCUT2D eigenvalue weighted by Crippen LogP contribution is 2.27. The van der Waals surface area contributed by atoms with Crippen LogP contribution in [0.5, 0.6) is 0 Å². The molecule has 0 aliphatic heterocycles. The van der Waals surface area contributed by atoms with Crippen molar-refractivity contribution in [1.82, 2.24) is 4.31 Å². The maximum absolute atomic E-state index is 12.5. The molecule has 0 bridgehead atoms. The Balaban J connectivity index is 3.11. The maximum atomic E-state index is 12.5. The number of rotatable bonds is 6. The van der Waals surface area contributed by atoms with Gasteiger partial charge in [-0.2, -0.15) is 16.1 Å². The van der Waals surface area contributed by atoms with Crippen LogP contribution in [0.25, 0.3) is 0 Å². The summed E-state index contributed by atoms with van der Waals surface area (Å²) in [7, 11) is -1.85. The molecule has 1 rings (SSSR count). The second kappa shape index (κ2) is 7.31. The van der Waals surface area contributed by atoms with Crippen molar-refractivity contribution in [3.63, 3.8) is 0 Å². The monoisotopic (exact) mass is 385 g/mol. The van der Waals surface area contributed by atoms with Gasteiger partial charge < -0.3 is 0 Å². The first-order valence-electron chi connectivity index (χ1n) is 5.76. The third-order valence-electron chi connectivity index (χ3n) is 2.91. The van der Waals surface area contributed by atoms with E-state index in [-0.39, 0.29) is 10.9 Å². The fourth-order valence-electron chi connectivity index (χ4n) is 1.67. The minimum Gasteiger partial charge on any atom is -0.207 e. The lowest BCUT2D eigenvalue weighted by Crippen LogP contribution is -2.38. The van der Waals surface area contributed by atoms with Gasteiger partial charge in [0.25, 0.3) is 0 Å². The van der Waals surface area contributed by atoms with Crippen molar-refractivity contribution < 1.29 is 8.42 Å². The molecule has 108 valence electrons. The lowest BCUT2D eigenvalue weighted by Gasteiger charge is -2.26. The molecule has 0 aliphatic carbocycles. The molecule has 0 aliphatic rings. The Bertz CT molecular complexity index is 537. The number of sulfonamides is 1. The molecule has 3 nitrogen and oxygen atoms in total. The second-order valence-corrected chi connectivity index (χ2v) is 8.28. The Hall–Kier alpha value is 0.250. The summed E-state index contributed by atoms with van der Waals surface area (Å²) in [5.41, 5.74) is 0. The average Bonchev–Trinajstić information content (AvgIpc) is 2.38. The smallest absolute Gasteiger partial charge is 0.207 e. The van der Waals surface area contributed by atoms with E-state index in [4.69, 9.17) is 11.6 Å². The summed E-state index contributed by atoms with van der Waals surface area (Å²) in [6.07, 6.45) is 2.76. The van der Waals surface area contributed by atoms with Crippen molar-refractivity contribution in [2.45, 2.75) is 24.3 Å². The first-order valence-corrected chi connectivity index (χ1v) is 9.77. The van der Waals surface area contributed by atoms with Crippen molar-refractivity contribution in [3.05, 3.63) is 27.7 Å². The number of nitrogens with zero attached hydrogens (tertiary/aromatic N) is 1. The Morgan fingerprint density at radius 3 is 2.58 bits per heavy atom. The van der Waals surface area contributed by atoms with Gasteiger partial charge in [0.1, 0.15) is 0 Å². The van der Waals surface area contributed by atoms with Gasteiger partial charge in [-0.25, -0.2) is 8.42 Å². The molecular weight excluding hydrogens is 370 g/mol. The van der Waals surface area contributed by atoms with Crippen molar-refractivity contribution >= 4 is 49.3 Å². The topological polar surface area (TPSA) is 37.4 Å². The first-order chi connectivity index (χ1) is 8.84. The quantitative estimate of drug-likeness (QED) is 0.745. The van der Waals surface area contributed by atoms with Gasteiger partial charge in [-0.1, -0.05) is 18.5 Å². The van der Waals surface area contributed by atoms with E-state index in [0.717, 1.165) is 12.2 Å². The molecular formula is C12H17BrClNO2S2. The zero-order valence-electron chi connectivity index (χ0n) is 11.1. The van der Waals surface area contributed by atoms with Gasteiger partial charge in [-0.05, 0) is 46.8 Å². The van der Waals surface area contributed by atoms with Crippen molar-refractivity contribution in [2.75, 3.05) is 19.1 Å². The third kappa shape index (κ3) is 4.11. The fourth-order valence-corrected chi connectivity index (χ4v) is 4.71. The summed E-state index contributed by atoms with van der Waals surface area (Å²) in [6, 6.07) is 4.65. The number of hydrogen-bond acceptors (Lipinski definition) is 3. The molecule has 19 heavy (non-hydrogen) atoms. The van der Waals surface area contributed by atoms with E-state index < -0.39 is 10.0 Å². The van der Waals surface area contributed by atoms with Crippen LogP contribution in [0.2, 0.25) is 5.02 Å². The van der Waals surface area contributed by atoms with E-state index in [9.17, 15) is 8.42 Å². The van der Waals surface area contributed by atoms with E-state index in [0.29, 0.717) is 9.50 Å². The highest BCUT2D eigenvalue weighted by molar-refractivity contribution is 9.10. The predicted octanol–water partition coefficient (Wildman–Crippen LogP) is 3.86. The third-order valence-corrected chi connectivity index (χ3v) is 6.75. The van der Waals surface area contributed by atoms with Crippen LogP contribution in [0.4, 0.5) is 0 Å². The molecule has 1 aromatic carbocycles. The molecule has 0 saturated carbocycles. The van der Waals surface area contributed by atoms with E-state index in [1.807, 2.05) is 13.2 Å². The van der Waals surface area contributed by atoms with Gasteiger partial charge >= 0.3 is 0 Å². The summed E-state index contributed by atoms with van der Waals surface area (Å²) in [5, 5.41) is 0.498. The average molecular weight is 387 g/mol. The normalized spacial score (nSPS) is 13.8. The zero-order valence-corrected chi connectivity index (χ0v) is 15.0. The van der Waals surface area contributed by atoms with Gasteiger partial charge in [-0.3, -0.25) is 0 Å². The van der Waals surface area contributed by atoms with Crippen molar-refractivity contribution in [3.8, 4) is 0 Å². The lowest BCUT2D eigenvalue weighted by molar-refractivity contribution is 0.385. The molecule has 1 unspecified atom stereocenters. The molecule has 0 saturated heterocycles. The van der Waals surface area contributed by atoms with Crippen LogP contribution in [-0.2, 0) is 10.0 Å². The molecule has 1 aromatic rings. The van der Waals surface area contributed by atoms with Gasteiger partial charge in [0.2, 0.25) is 10.0 Å². The molecule has 0 N–H and O–H groups in total. The highest BCUT2D eigenvalue weighted by atomic mass is 79.9. The zero-order chi connectivity index (χ0) is 14.6. The summed E-state index contributed by atoms with van der Waals surface area (Å²) in [5.74, 6) is 0.779. The van der Waals surface area contributed by atoms with E-state index in [2.05, 4.69) is 15.9 Å². The van der Waals surface area contributed by atoms with Crippen molar-refractivity contribution in [2.24, 2.45) is 0 Å². The number of benzene rings is 1. The van der Waals surface area contributed by atoms with Gasteiger partial charge in [0.15, 0.2) is 0 Å². The molecule has 0 amide bonds.